The van der Waals surface area contributed by atoms with Crippen molar-refractivity contribution in [1.29, 1.82) is 0 Å². The standard InChI is InChI=1S/C17H15FN4O2/c18-12-5-1-2-6-13(12)20-16(23)10-24-14-7-3-4-11-8-9-15(22-19)21-17(11)14/h1-9H,10,19H2,(H,20,23)(H,21,22). The quantitative estimate of drug-likeness (QED) is 0.495. The molecular formula is C17H15FN4O2. The number of hydrazine groups is 1. The maximum Gasteiger partial charge on any atom is 0.262 e. The van der Waals surface area contributed by atoms with Gasteiger partial charge in [0.25, 0.3) is 5.91 Å². The van der Waals surface area contributed by atoms with Crippen LogP contribution in [0.15, 0.2) is 54.6 Å². The molecule has 0 atom stereocenters. The molecule has 0 aliphatic heterocycles. The molecule has 0 fully saturated rings. The molecule has 0 bridgehead atoms. The second-order valence-corrected chi connectivity index (χ2v) is 4.99. The van der Waals surface area contributed by atoms with Gasteiger partial charge in [-0.15, -0.1) is 0 Å². The summed E-state index contributed by atoms with van der Waals surface area (Å²) in [5.74, 6) is 5.31. The van der Waals surface area contributed by atoms with Crippen LogP contribution in [0.2, 0.25) is 0 Å². The fraction of sp³-hybridized carbons (Fsp3) is 0.0588. The molecule has 0 aliphatic carbocycles. The summed E-state index contributed by atoms with van der Waals surface area (Å²) in [6, 6.07) is 14.9. The number of rotatable bonds is 5. The molecule has 122 valence electrons. The van der Waals surface area contributed by atoms with Gasteiger partial charge in [-0.3, -0.25) is 4.79 Å². The predicted octanol–water partition coefficient (Wildman–Crippen LogP) is 2.68. The van der Waals surface area contributed by atoms with Gasteiger partial charge in [0.15, 0.2) is 6.61 Å². The molecule has 24 heavy (non-hydrogen) atoms. The summed E-state index contributed by atoms with van der Waals surface area (Å²) in [5.41, 5.74) is 3.15. The third-order valence-corrected chi connectivity index (χ3v) is 3.34. The van der Waals surface area contributed by atoms with Gasteiger partial charge in [-0.1, -0.05) is 24.3 Å². The largest absolute Gasteiger partial charge is 0.481 e. The van der Waals surface area contributed by atoms with Crippen LogP contribution in [-0.4, -0.2) is 17.5 Å². The van der Waals surface area contributed by atoms with Crippen molar-refractivity contribution in [3.8, 4) is 5.75 Å². The Balaban J connectivity index is 1.73. The van der Waals surface area contributed by atoms with E-state index in [4.69, 9.17) is 10.6 Å². The Morgan fingerprint density at radius 2 is 1.96 bits per heavy atom. The predicted molar refractivity (Wildman–Crippen MR) is 90.1 cm³/mol. The monoisotopic (exact) mass is 326 g/mol. The molecule has 0 saturated carbocycles. The molecular weight excluding hydrogens is 311 g/mol. The van der Waals surface area contributed by atoms with Crippen molar-refractivity contribution in [2.45, 2.75) is 0 Å². The van der Waals surface area contributed by atoms with E-state index in [1.807, 2.05) is 12.1 Å². The van der Waals surface area contributed by atoms with E-state index in [1.165, 1.54) is 12.1 Å². The van der Waals surface area contributed by atoms with E-state index in [1.54, 1.807) is 30.3 Å². The SMILES string of the molecule is NNc1ccc2cccc(OCC(=O)Nc3ccccc3F)c2n1. The van der Waals surface area contributed by atoms with Gasteiger partial charge in [0.05, 0.1) is 5.69 Å². The molecule has 1 heterocycles. The third kappa shape index (κ3) is 3.41. The highest BCUT2D eigenvalue weighted by Crippen LogP contribution is 2.25. The lowest BCUT2D eigenvalue weighted by Gasteiger charge is -2.10. The summed E-state index contributed by atoms with van der Waals surface area (Å²) in [5, 5.41) is 3.31. The van der Waals surface area contributed by atoms with Crippen LogP contribution in [0.5, 0.6) is 5.75 Å². The maximum absolute atomic E-state index is 13.5. The van der Waals surface area contributed by atoms with Crippen molar-refractivity contribution in [3.63, 3.8) is 0 Å². The van der Waals surface area contributed by atoms with Crippen LogP contribution in [0.3, 0.4) is 0 Å². The average Bonchev–Trinajstić information content (AvgIpc) is 2.61. The molecule has 2 aromatic carbocycles. The number of benzene rings is 2. The zero-order valence-electron chi connectivity index (χ0n) is 12.6. The number of hydrogen-bond donors (Lipinski definition) is 3. The highest BCUT2D eigenvalue weighted by Gasteiger charge is 2.09. The Labute approximate surface area is 137 Å². The molecule has 1 amide bonds. The molecule has 1 aromatic heterocycles. The van der Waals surface area contributed by atoms with Gasteiger partial charge in [-0.25, -0.2) is 15.2 Å². The van der Waals surface area contributed by atoms with E-state index in [-0.39, 0.29) is 12.3 Å². The lowest BCUT2D eigenvalue weighted by Crippen LogP contribution is -2.21. The first kappa shape index (κ1) is 15.7. The van der Waals surface area contributed by atoms with Crippen LogP contribution in [-0.2, 0) is 4.79 Å². The minimum absolute atomic E-state index is 0.108. The van der Waals surface area contributed by atoms with Gasteiger partial charge in [0.2, 0.25) is 0 Å². The number of carbonyl (C=O) groups is 1. The first-order valence-corrected chi connectivity index (χ1v) is 7.21. The molecule has 7 heteroatoms. The lowest BCUT2D eigenvalue weighted by atomic mass is 10.2. The normalized spacial score (nSPS) is 10.4. The lowest BCUT2D eigenvalue weighted by molar-refractivity contribution is -0.118. The number of fused-ring (bicyclic) bond motifs is 1. The molecule has 0 unspecified atom stereocenters. The summed E-state index contributed by atoms with van der Waals surface area (Å²) < 4.78 is 19.0. The molecule has 0 radical (unpaired) electrons. The molecule has 4 N–H and O–H groups in total. The Morgan fingerprint density at radius 3 is 2.75 bits per heavy atom. The van der Waals surface area contributed by atoms with Gasteiger partial charge >= 0.3 is 0 Å². The molecule has 0 saturated heterocycles. The molecule has 3 aromatic rings. The van der Waals surface area contributed by atoms with Gasteiger partial charge in [-0.2, -0.15) is 0 Å². The zero-order chi connectivity index (χ0) is 16.9. The van der Waals surface area contributed by atoms with Crippen LogP contribution in [0.4, 0.5) is 15.9 Å². The van der Waals surface area contributed by atoms with Crippen molar-refractivity contribution in [2.75, 3.05) is 17.3 Å². The van der Waals surface area contributed by atoms with E-state index in [0.717, 1.165) is 5.39 Å². The van der Waals surface area contributed by atoms with E-state index < -0.39 is 11.7 Å². The number of nitrogens with one attached hydrogen (secondary N) is 2. The first-order chi connectivity index (χ1) is 11.7. The molecule has 0 spiro atoms. The Morgan fingerprint density at radius 1 is 1.12 bits per heavy atom. The Bertz CT molecular complexity index is 885. The summed E-state index contributed by atoms with van der Waals surface area (Å²) in [6.07, 6.45) is 0. The van der Waals surface area contributed by atoms with Crippen molar-refractivity contribution in [3.05, 3.63) is 60.4 Å². The van der Waals surface area contributed by atoms with Crippen molar-refractivity contribution >= 4 is 28.3 Å². The van der Waals surface area contributed by atoms with Gasteiger partial charge in [0, 0.05) is 5.39 Å². The Hall–Kier alpha value is -3.19. The number of amides is 1. The Kier molecular flexibility index (Phi) is 4.53. The van der Waals surface area contributed by atoms with Gasteiger partial charge in [-0.05, 0) is 30.3 Å². The highest BCUT2D eigenvalue weighted by molar-refractivity contribution is 5.92. The molecule has 0 aliphatic rings. The summed E-state index contributed by atoms with van der Waals surface area (Å²) in [4.78, 5) is 16.3. The van der Waals surface area contributed by atoms with E-state index >= 15 is 0 Å². The molecule has 3 rings (SSSR count). The minimum Gasteiger partial charge on any atom is -0.481 e. The third-order valence-electron chi connectivity index (χ3n) is 3.34. The summed E-state index contributed by atoms with van der Waals surface area (Å²) in [7, 11) is 0. The summed E-state index contributed by atoms with van der Waals surface area (Å²) >= 11 is 0. The van der Waals surface area contributed by atoms with Crippen LogP contribution in [0.1, 0.15) is 0 Å². The maximum atomic E-state index is 13.5. The highest BCUT2D eigenvalue weighted by atomic mass is 19.1. The van der Waals surface area contributed by atoms with Crippen LogP contribution in [0.25, 0.3) is 10.9 Å². The molecule has 6 nitrogen and oxygen atoms in total. The van der Waals surface area contributed by atoms with Crippen LogP contribution >= 0.6 is 0 Å². The van der Waals surface area contributed by atoms with Crippen LogP contribution in [0, 0.1) is 5.82 Å². The number of aromatic nitrogens is 1. The topological polar surface area (TPSA) is 89.3 Å². The van der Waals surface area contributed by atoms with Crippen molar-refractivity contribution in [2.24, 2.45) is 5.84 Å². The summed E-state index contributed by atoms with van der Waals surface area (Å²) in [6.45, 7) is -0.268. The first-order valence-electron chi connectivity index (χ1n) is 7.21. The number of nitrogens with zero attached hydrogens (tertiary/aromatic N) is 1. The number of hydrogen-bond acceptors (Lipinski definition) is 5. The average molecular weight is 326 g/mol. The fourth-order valence-electron chi connectivity index (χ4n) is 2.21. The van der Waals surface area contributed by atoms with E-state index in [2.05, 4.69) is 15.7 Å². The zero-order valence-corrected chi connectivity index (χ0v) is 12.6. The second kappa shape index (κ2) is 6.93. The number of anilines is 2. The van der Waals surface area contributed by atoms with E-state index in [9.17, 15) is 9.18 Å². The van der Waals surface area contributed by atoms with E-state index in [0.29, 0.717) is 17.1 Å². The second-order valence-electron chi connectivity index (χ2n) is 4.99. The number of ether oxygens (including phenoxy) is 1. The number of pyridine rings is 1. The number of para-hydroxylation sites is 2. The number of nitrogens with two attached hydrogens (primary N) is 1. The van der Waals surface area contributed by atoms with Crippen molar-refractivity contribution < 1.29 is 13.9 Å². The fourth-order valence-corrected chi connectivity index (χ4v) is 2.21. The minimum atomic E-state index is -0.503. The number of nitrogen functional groups attached to an aromatic ring is 1. The van der Waals surface area contributed by atoms with Gasteiger partial charge in [0.1, 0.15) is 22.9 Å². The van der Waals surface area contributed by atoms with Crippen LogP contribution < -0.4 is 21.3 Å². The van der Waals surface area contributed by atoms with Crippen molar-refractivity contribution in [1.82, 2.24) is 4.98 Å². The number of carbonyl (C=O) groups excluding carboxylic acids is 1. The smallest absolute Gasteiger partial charge is 0.262 e. The number of halogens is 1. The van der Waals surface area contributed by atoms with Gasteiger partial charge < -0.3 is 15.5 Å².